The maximum absolute atomic E-state index is 12.1. The first-order valence-electron chi connectivity index (χ1n) is 6.54. The Kier molecular flexibility index (Phi) is 3.59. The maximum Gasteiger partial charge on any atom is 0.261 e. The van der Waals surface area contributed by atoms with Gasteiger partial charge >= 0.3 is 0 Å². The molecule has 0 aromatic carbocycles. The van der Waals surface area contributed by atoms with E-state index in [2.05, 4.69) is 10.2 Å². The third kappa shape index (κ3) is 2.42. The molecule has 3 rings (SSSR count). The quantitative estimate of drug-likeness (QED) is 0.906. The molecular weight excluding hydrogens is 268 g/mol. The van der Waals surface area contributed by atoms with Crippen LogP contribution in [-0.4, -0.2) is 36.0 Å². The van der Waals surface area contributed by atoms with Crippen molar-refractivity contribution in [2.45, 2.75) is 37.8 Å². The van der Waals surface area contributed by atoms with Crippen molar-refractivity contribution in [3.8, 4) is 0 Å². The van der Waals surface area contributed by atoms with E-state index in [9.17, 15) is 4.79 Å². The minimum atomic E-state index is 0.0318. The first kappa shape index (κ1) is 12.5. The molecule has 1 N–H and O–H groups in total. The molecule has 0 bridgehead atoms. The highest BCUT2D eigenvalue weighted by molar-refractivity contribution is 7.17. The average molecular weight is 285 g/mol. The standard InChI is InChI=1S/C13H17ClN2OS/c14-12-5-4-11(18-12)13(17)15-9-6-8-16-7-2-1-3-10(9)16/h4-5,9-10H,1-3,6-8H2,(H,15,17)/t9-,10+/m1/s1. The van der Waals surface area contributed by atoms with Gasteiger partial charge in [-0.05, 0) is 37.9 Å². The van der Waals surface area contributed by atoms with Gasteiger partial charge in [0.25, 0.3) is 5.91 Å². The van der Waals surface area contributed by atoms with Crippen LogP contribution in [0.5, 0.6) is 0 Å². The van der Waals surface area contributed by atoms with Crippen molar-refractivity contribution in [2.75, 3.05) is 13.1 Å². The van der Waals surface area contributed by atoms with Crippen LogP contribution in [0.15, 0.2) is 12.1 Å². The van der Waals surface area contributed by atoms with Crippen LogP contribution in [0.1, 0.15) is 35.4 Å². The van der Waals surface area contributed by atoms with E-state index in [1.165, 1.54) is 37.1 Å². The van der Waals surface area contributed by atoms with Crippen molar-refractivity contribution < 1.29 is 4.79 Å². The van der Waals surface area contributed by atoms with Crippen molar-refractivity contribution in [3.63, 3.8) is 0 Å². The molecule has 1 aromatic rings. The summed E-state index contributed by atoms with van der Waals surface area (Å²) in [7, 11) is 0. The lowest BCUT2D eigenvalue weighted by Crippen LogP contribution is -2.46. The Morgan fingerprint density at radius 1 is 1.33 bits per heavy atom. The van der Waals surface area contributed by atoms with E-state index in [1.54, 1.807) is 12.1 Å². The summed E-state index contributed by atoms with van der Waals surface area (Å²) in [6.45, 7) is 2.32. The summed E-state index contributed by atoms with van der Waals surface area (Å²) < 4.78 is 0.672. The Balaban J connectivity index is 1.64. The second kappa shape index (κ2) is 5.19. The summed E-state index contributed by atoms with van der Waals surface area (Å²) in [5.74, 6) is 0.0318. The van der Waals surface area contributed by atoms with Crippen LogP contribution in [0.4, 0.5) is 0 Å². The first-order chi connectivity index (χ1) is 8.74. The Hall–Kier alpha value is -0.580. The van der Waals surface area contributed by atoms with Gasteiger partial charge in [-0.15, -0.1) is 11.3 Å². The summed E-state index contributed by atoms with van der Waals surface area (Å²) in [6.07, 6.45) is 4.89. The van der Waals surface area contributed by atoms with Gasteiger partial charge in [-0.25, -0.2) is 0 Å². The minimum Gasteiger partial charge on any atom is -0.347 e. The number of nitrogens with one attached hydrogen (secondary N) is 1. The molecule has 0 aliphatic carbocycles. The molecule has 1 aromatic heterocycles. The summed E-state index contributed by atoms with van der Waals surface area (Å²) >= 11 is 7.21. The van der Waals surface area contributed by atoms with E-state index in [4.69, 9.17) is 11.6 Å². The SMILES string of the molecule is O=C(N[C@@H]1CCN2CCCC[C@@H]12)c1ccc(Cl)s1. The van der Waals surface area contributed by atoms with Gasteiger partial charge in [0, 0.05) is 18.6 Å². The Morgan fingerprint density at radius 3 is 3.00 bits per heavy atom. The molecule has 0 saturated carbocycles. The highest BCUT2D eigenvalue weighted by Gasteiger charge is 2.36. The number of nitrogens with zero attached hydrogens (tertiary/aromatic N) is 1. The van der Waals surface area contributed by atoms with E-state index in [0.29, 0.717) is 21.3 Å². The number of thiophene rings is 1. The number of hydrogen-bond donors (Lipinski definition) is 1. The Morgan fingerprint density at radius 2 is 2.22 bits per heavy atom. The number of halogens is 1. The van der Waals surface area contributed by atoms with Crippen LogP contribution < -0.4 is 5.32 Å². The lowest BCUT2D eigenvalue weighted by molar-refractivity contribution is 0.0919. The molecule has 18 heavy (non-hydrogen) atoms. The van der Waals surface area contributed by atoms with Crippen molar-refractivity contribution >= 4 is 28.8 Å². The normalized spacial score (nSPS) is 28.1. The number of piperidine rings is 1. The fourth-order valence-electron chi connectivity index (χ4n) is 3.09. The molecule has 2 aliphatic rings. The van der Waals surface area contributed by atoms with Crippen LogP contribution >= 0.6 is 22.9 Å². The molecule has 2 fully saturated rings. The summed E-state index contributed by atoms with van der Waals surface area (Å²) in [5, 5.41) is 3.18. The fraction of sp³-hybridized carbons (Fsp3) is 0.615. The monoisotopic (exact) mass is 284 g/mol. The topological polar surface area (TPSA) is 32.3 Å². The number of carbonyl (C=O) groups excluding carboxylic acids is 1. The van der Waals surface area contributed by atoms with Crippen molar-refractivity contribution in [3.05, 3.63) is 21.3 Å². The van der Waals surface area contributed by atoms with E-state index in [-0.39, 0.29) is 5.91 Å². The molecule has 98 valence electrons. The predicted molar refractivity (Wildman–Crippen MR) is 74.4 cm³/mol. The third-order valence-electron chi connectivity index (χ3n) is 3.97. The summed E-state index contributed by atoms with van der Waals surface area (Å²) in [6, 6.07) is 4.45. The van der Waals surface area contributed by atoms with Crippen LogP contribution in [-0.2, 0) is 0 Å². The maximum atomic E-state index is 12.1. The zero-order valence-electron chi connectivity index (χ0n) is 10.2. The lowest BCUT2D eigenvalue weighted by atomic mass is 9.99. The van der Waals surface area contributed by atoms with Gasteiger partial charge in [-0.2, -0.15) is 0 Å². The zero-order valence-corrected chi connectivity index (χ0v) is 11.8. The molecule has 3 nitrogen and oxygen atoms in total. The van der Waals surface area contributed by atoms with E-state index in [0.717, 1.165) is 13.0 Å². The van der Waals surface area contributed by atoms with Gasteiger partial charge in [0.05, 0.1) is 9.21 Å². The molecular formula is C13H17ClN2OS. The van der Waals surface area contributed by atoms with E-state index >= 15 is 0 Å². The second-order valence-electron chi connectivity index (χ2n) is 5.07. The summed E-state index contributed by atoms with van der Waals surface area (Å²) in [5.41, 5.74) is 0. The largest absolute Gasteiger partial charge is 0.347 e. The zero-order chi connectivity index (χ0) is 12.5. The minimum absolute atomic E-state index is 0.0318. The van der Waals surface area contributed by atoms with Gasteiger partial charge in [0.15, 0.2) is 0 Å². The number of carbonyl (C=O) groups is 1. The third-order valence-corrected chi connectivity index (χ3v) is 5.20. The average Bonchev–Trinajstić information content (AvgIpc) is 2.97. The lowest BCUT2D eigenvalue weighted by Gasteiger charge is -2.32. The van der Waals surface area contributed by atoms with E-state index < -0.39 is 0 Å². The van der Waals surface area contributed by atoms with Gasteiger partial charge in [-0.1, -0.05) is 18.0 Å². The van der Waals surface area contributed by atoms with Crippen LogP contribution in [0.25, 0.3) is 0 Å². The molecule has 0 unspecified atom stereocenters. The molecule has 1 amide bonds. The van der Waals surface area contributed by atoms with Gasteiger partial charge in [-0.3, -0.25) is 9.69 Å². The Labute approximate surface area is 116 Å². The van der Waals surface area contributed by atoms with Gasteiger partial charge in [0.2, 0.25) is 0 Å². The molecule has 0 spiro atoms. The molecule has 5 heteroatoms. The van der Waals surface area contributed by atoms with Crippen LogP contribution in [0, 0.1) is 0 Å². The molecule has 2 saturated heterocycles. The van der Waals surface area contributed by atoms with Gasteiger partial charge < -0.3 is 5.32 Å². The molecule has 0 radical (unpaired) electrons. The Bertz CT molecular complexity index is 448. The van der Waals surface area contributed by atoms with Crippen LogP contribution in [0.3, 0.4) is 0 Å². The van der Waals surface area contributed by atoms with E-state index in [1.807, 2.05) is 0 Å². The fourth-order valence-corrected chi connectivity index (χ4v) is 4.04. The molecule has 2 aliphatic heterocycles. The van der Waals surface area contributed by atoms with Crippen molar-refractivity contribution in [1.29, 1.82) is 0 Å². The second-order valence-corrected chi connectivity index (χ2v) is 6.79. The number of rotatable bonds is 2. The number of fused-ring (bicyclic) bond motifs is 1. The summed E-state index contributed by atoms with van der Waals surface area (Å²) in [4.78, 5) is 15.4. The number of amides is 1. The molecule has 3 heterocycles. The smallest absolute Gasteiger partial charge is 0.261 e. The highest BCUT2D eigenvalue weighted by Crippen LogP contribution is 2.28. The van der Waals surface area contributed by atoms with Crippen molar-refractivity contribution in [1.82, 2.24) is 10.2 Å². The molecule has 2 atom stereocenters. The van der Waals surface area contributed by atoms with Crippen molar-refractivity contribution in [2.24, 2.45) is 0 Å². The van der Waals surface area contributed by atoms with Gasteiger partial charge in [0.1, 0.15) is 0 Å². The number of hydrogen-bond acceptors (Lipinski definition) is 3. The van der Waals surface area contributed by atoms with Crippen LogP contribution in [0.2, 0.25) is 4.34 Å². The highest BCUT2D eigenvalue weighted by atomic mass is 35.5. The first-order valence-corrected chi connectivity index (χ1v) is 7.74. The predicted octanol–water partition coefficient (Wildman–Crippen LogP) is 2.76.